The highest BCUT2D eigenvalue weighted by Crippen LogP contribution is 2.33. The summed E-state index contributed by atoms with van der Waals surface area (Å²) in [6, 6.07) is -0.470. The molecule has 0 unspecified atom stereocenters. The Hall–Kier alpha value is -1.96. The molecule has 2 aliphatic rings. The third-order valence-corrected chi connectivity index (χ3v) is 4.97. The monoisotopic (exact) mass is 322 g/mol. The van der Waals surface area contributed by atoms with Crippen molar-refractivity contribution >= 4 is 34.2 Å². The predicted octanol–water partition coefficient (Wildman–Crippen LogP) is 1.64. The van der Waals surface area contributed by atoms with Crippen LogP contribution < -0.4 is 10.6 Å². The fraction of sp³-hybridized carbons (Fsp3) is 0.571. The van der Waals surface area contributed by atoms with Gasteiger partial charge in [0.2, 0.25) is 5.91 Å². The van der Waals surface area contributed by atoms with Crippen LogP contribution in [0, 0.1) is 6.92 Å². The van der Waals surface area contributed by atoms with Crippen molar-refractivity contribution in [1.82, 2.24) is 15.2 Å². The van der Waals surface area contributed by atoms with Crippen molar-refractivity contribution in [3.05, 3.63) is 11.2 Å². The van der Waals surface area contributed by atoms with Gasteiger partial charge in [0.25, 0.3) is 5.91 Å². The van der Waals surface area contributed by atoms with E-state index in [9.17, 15) is 14.4 Å². The molecule has 118 valence electrons. The lowest BCUT2D eigenvalue weighted by atomic mass is 9.82. The van der Waals surface area contributed by atoms with E-state index in [1.165, 1.54) is 11.3 Å². The predicted molar refractivity (Wildman–Crippen MR) is 81.5 cm³/mol. The molecule has 22 heavy (non-hydrogen) atoms. The van der Waals surface area contributed by atoms with Crippen LogP contribution in [0.2, 0.25) is 0 Å². The fourth-order valence-electron chi connectivity index (χ4n) is 3.05. The van der Waals surface area contributed by atoms with Crippen LogP contribution in [0.15, 0.2) is 6.20 Å². The molecular formula is C14H18N4O3S. The minimum atomic E-state index is -0.781. The molecule has 4 amide bonds. The van der Waals surface area contributed by atoms with Gasteiger partial charge < -0.3 is 10.6 Å². The lowest BCUT2D eigenvalue weighted by Crippen LogP contribution is -2.48. The van der Waals surface area contributed by atoms with Gasteiger partial charge in [-0.3, -0.25) is 14.5 Å². The molecule has 1 aliphatic carbocycles. The molecule has 0 aromatic carbocycles. The number of amides is 4. The number of thiazole rings is 1. The van der Waals surface area contributed by atoms with Crippen LogP contribution in [0.25, 0.3) is 0 Å². The molecule has 0 atom stereocenters. The lowest BCUT2D eigenvalue weighted by molar-refractivity contribution is -0.134. The second kappa shape index (κ2) is 5.68. The maximum atomic E-state index is 12.5. The SMILES string of the molecule is Cc1ncc(NC(=O)CN2C(=O)NC3(CCCCC3)C2=O)s1. The van der Waals surface area contributed by atoms with Gasteiger partial charge in [-0.15, -0.1) is 11.3 Å². The first-order chi connectivity index (χ1) is 10.5. The third kappa shape index (κ3) is 2.70. The number of carbonyl (C=O) groups is 3. The Morgan fingerprint density at radius 2 is 2.14 bits per heavy atom. The Labute approximate surface area is 132 Å². The van der Waals surface area contributed by atoms with E-state index in [0.29, 0.717) is 17.8 Å². The molecule has 2 fully saturated rings. The van der Waals surface area contributed by atoms with Gasteiger partial charge >= 0.3 is 6.03 Å². The highest BCUT2D eigenvalue weighted by molar-refractivity contribution is 7.15. The first kappa shape index (κ1) is 15.0. The number of aryl methyl sites for hydroxylation is 1. The van der Waals surface area contributed by atoms with Gasteiger partial charge in [-0.2, -0.15) is 0 Å². The molecule has 2 N–H and O–H groups in total. The first-order valence-corrected chi connectivity index (χ1v) is 8.18. The van der Waals surface area contributed by atoms with Gasteiger partial charge in [-0.05, 0) is 19.8 Å². The molecule has 1 aromatic heterocycles. The number of nitrogens with one attached hydrogen (secondary N) is 2. The van der Waals surface area contributed by atoms with Crippen LogP contribution >= 0.6 is 11.3 Å². The molecule has 1 aromatic rings. The average Bonchev–Trinajstić information content (AvgIpc) is 2.97. The third-order valence-electron chi connectivity index (χ3n) is 4.14. The summed E-state index contributed by atoms with van der Waals surface area (Å²) >= 11 is 1.35. The van der Waals surface area contributed by atoms with Crippen molar-refractivity contribution in [2.24, 2.45) is 0 Å². The molecule has 3 rings (SSSR count). The van der Waals surface area contributed by atoms with Crippen LogP contribution in [0.4, 0.5) is 9.80 Å². The maximum Gasteiger partial charge on any atom is 0.325 e. The number of hydrogen-bond acceptors (Lipinski definition) is 5. The summed E-state index contributed by atoms with van der Waals surface area (Å²) in [6.07, 6.45) is 5.80. The number of imide groups is 1. The molecule has 0 bridgehead atoms. The van der Waals surface area contributed by atoms with Crippen molar-refractivity contribution < 1.29 is 14.4 Å². The first-order valence-electron chi connectivity index (χ1n) is 7.37. The standard InChI is InChI=1S/C14H18N4O3S/c1-9-15-7-11(22-9)16-10(19)8-18-12(20)14(17-13(18)21)5-3-2-4-6-14/h7H,2-6,8H2,1H3,(H,16,19)(H,17,21). The Bertz CT molecular complexity index is 621. The van der Waals surface area contributed by atoms with E-state index in [1.54, 1.807) is 6.20 Å². The number of carbonyl (C=O) groups excluding carboxylic acids is 3. The van der Waals surface area contributed by atoms with E-state index >= 15 is 0 Å². The number of anilines is 1. The van der Waals surface area contributed by atoms with E-state index in [1.807, 2.05) is 6.92 Å². The summed E-state index contributed by atoms with van der Waals surface area (Å²) < 4.78 is 0. The molecule has 2 heterocycles. The van der Waals surface area contributed by atoms with E-state index in [0.717, 1.165) is 29.2 Å². The van der Waals surface area contributed by atoms with Crippen LogP contribution in [-0.4, -0.2) is 39.8 Å². The van der Waals surface area contributed by atoms with E-state index in [-0.39, 0.29) is 18.4 Å². The smallest absolute Gasteiger partial charge is 0.323 e. The number of aromatic nitrogens is 1. The second-order valence-electron chi connectivity index (χ2n) is 5.76. The van der Waals surface area contributed by atoms with Gasteiger partial charge in [0.15, 0.2) is 0 Å². The highest BCUT2D eigenvalue weighted by atomic mass is 32.1. The zero-order chi connectivity index (χ0) is 15.7. The Kier molecular flexibility index (Phi) is 3.86. The van der Waals surface area contributed by atoms with Gasteiger partial charge in [0.05, 0.1) is 11.2 Å². The largest absolute Gasteiger partial charge is 0.325 e. The molecular weight excluding hydrogens is 304 g/mol. The molecule has 1 saturated carbocycles. The van der Waals surface area contributed by atoms with Gasteiger partial charge in [-0.1, -0.05) is 19.3 Å². The number of nitrogens with zero attached hydrogens (tertiary/aromatic N) is 2. The quantitative estimate of drug-likeness (QED) is 0.828. The Morgan fingerprint density at radius 1 is 1.41 bits per heavy atom. The summed E-state index contributed by atoms with van der Waals surface area (Å²) in [5.74, 6) is -0.659. The zero-order valence-corrected chi connectivity index (χ0v) is 13.2. The molecule has 7 nitrogen and oxygen atoms in total. The second-order valence-corrected chi connectivity index (χ2v) is 6.99. The van der Waals surface area contributed by atoms with Gasteiger partial charge in [-0.25, -0.2) is 9.78 Å². The molecule has 1 spiro atoms. The van der Waals surface area contributed by atoms with Crippen LogP contribution in [-0.2, 0) is 9.59 Å². The van der Waals surface area contributed by atoms with E-state index in [2.05, 4.69) is 15.6 Å². The average molecular weight is 322 g/mol. The van der Waals surface area contributed by atoms with Crippen LogP contribution in [0.3, 0.4) is 0 Å². The Morgan fingerprint density at radius 3 is 2.77 bits per heavy atom. The Balaban J connectivity index is 1.65. The summed E-state index contributed by atoms with van der Waals surface area (Å²) in [6.45, 7) is 1.58. The van der Waals surface area contributed by atoms with Gasteiger partial charge in [0.1, 0.15) is 17.1 Å². The van der Waals surface area contributed by atoms with Crippen LogP contribution in [0.1, 0.15) is 37.1 Å². The summed E-state index contributed by atoms with van der Waals surface area (Å²) in [7, 11) is 0. The van der Waals surface area contributed by atoms with E-state index in [4.69, 9.17) is 0 Å². The van der Waals surface area contributed by atoms with Gasteiger partial charge in [0, 0.05) is 0 Å². The minimum Gasteiger partial charge on any atom is -0.323 e. The molecule has 0 radical (unpaired) electrons. The summed E-state index contributed by atoms with van der Waals surface area (Å²) in [4.78, 5) is 41.7. The molecule has 1 aliphatic heterocycles. The van der Waals surface area contributed by atoms with Crippen molar-refractivity contribution in [3.63, 3.8) is 0 Å². The maximum absolute atomic E-state index is 12.5. The fourth-order valence-corrected chi connectivity index (χ4v) is 3.75. The number of urea groups is 1. The van der Waals surface area contributed by atoms with Crippen molar-refractivity contribution in [1.29, 1.82) is 0 Å². The topological polar surface area (TPSA) is 91.4 Å². The van der Waals surface area contributed by atoms with E-state index < -0.39 is 11.6 Å². The lowest BCUT2D eigenvalue weighted by Gasteiger charge is -2.30. The molecule has 1 saturated heterocycles. The number of hydrogen-bond donors (Lipinski definition) is 2. The van der Waals surface area contributed by atoms with Crippen molar-refractivity contribution in [3.8, 4) is 0 Å². The molecule has 8 heteroatoms. The van der Waals surface area contributed by atoms with Crippen molar-refractivity contribution in [2.75, 3.05) is 11.9 Å². The van der Waals surface area contributed by atoms with Crippen molar-refractivity contribution in [2.45, 2.75) is 44.6 Å². The number of rotatable bonds is 3. The minimum absolute atomic E-state index is 0.261. The normalized spacial score (nSPS) is 20.3. The highest BCUT2D eigenvalue weighted by Gasteiger charge is 2.51. The summed E-state index contributed by atoms with van der Waals surface area (Å²) in [5, 5.41) is 6.91. The zero-order valence-electron chi connectivity index (χ0n) is 12.3. The van der Waals surface area contributed by atoms with Crippen LogP contribution in [0.5, 0.6) is 0 Å². The summed E-state index contributed by atoms with van der Waals surface area (Å²) in [5.41, 5.74) is -0.781.